The molecule has 4 nitrogen and oxygen atoms in total. The number of anilines is 2. The van der Waals surface area contributed by atoms with Gasteiger partial charge in [0.2, 0.25) is 0 Å². The minimum atomic E-state index is 0.783. The molecule has 0 aliphatic carbocycles. The molecule has 0 amide bonds. The monoisotopic (exact) mass is 470 g/mol. The molecule has 4 heteroatoms. The highest BCUT2D eigenvalue weighted by molar-refractivity contribution is 5.82. The number of aryl methyl sites for hydroxylation is 1. The van der Waals surface area contributed by atoms with Crippen molar-refractivity contribution in [1.82, 2.24) is 10.6 Å². The molecule has 35 heavy (non-hydrogen) atoms. The number of rotatable bonds is 8. The Bertz CT molecular complexity index is 1010. The summed E-state index contributed by atoms with van der Waals surface area (Å²) in [7, 11) is 0. The number of hydrogen-bond donors (Lipinski definition) is 3. The number of hydrogen-bond acceptors (Lipinski definition) is 4. The number of nitrogens with zero attached hydrogens (tertiary/aromatic N) is 1. The summed E-state index contributed by atoms with van der Waals surface area (Å²) in [6, 6.07) is 15.5. The molecule has 0 unspecified atom stereocenters. The highest BCUT2D eigenvalue weighted by Gasteiger charge is 2.19. The van der Waals surface area contributed by atoms with Gasteiger partial charge in [-0.25, -0.2) is 0 Å². The summed E-state index contributed by atoms with van der Waals surface area (Å²) < 4.78 is 0. The molecule has 0 atom stereocenters. The van der Waals surface area contributed by atoms with E-state index in [1.807, 2.05) is 0 Å². The normalized spacial score (nSPS) is 16.9. The van der Waals surface area contributed by atoms with E-state index >= 15 is 0 Å². The fourth-order valence-electron chi connectivity index (χ4n) is 4.74. The number of fused-ring (bicyclic) bond motifs is 1. The van der Waals surface area contributed by atoms with Crippen molar-refractivity contribution >= 4 is 16.9 Å². The van der Waals surface area contributed by atoms with Gasteiger partial charge in [-0.05, 0) is 86.5 Å². The molecule has 2 aliphatic heterocycles. The average Bonchev–Trinajstić information content (AvgIpc) is 2.88. The smallest absolute Gasteiger partial charge is 0.0406 e. The van der Waals surface area contributed by atoms with Gasteiger partial charge >= 0.3 is 0 Å². The molecule has 0 bridgehead atoms. The second kappa shape index (κ2) is 13.1. The van der Waals surface area contributed by atoms with Gasteiger partial charge in [-0.3, -0.25) is 0 Å². The largest absolute Gasteiger partial charge is 0.381 e. The van der Waals surface area contributed by atoms with Crippen LogP contribution in [0.25, 0.3) is 5.57 Å². The highest BCUT2D eigenvalue weighted by Crippen LogP contribution is 2.30. The standard InChI is InChI=1S/C29H40N4.C2H2/c1-21(2)11-14-30-18-24-12-15-33(16-13-24)27-9-7-26(8-10-27)32-20-29-23(4)31-19-25-6-5-22(3)17-28(25)29;1-2/h5-10,17,20-21,24,30-32H,4,11-16,18-19H2,1-3H3;1-2H/b29-20+;. The Balaban J connectivity index is 0.00000167. The molecule has 0 saturated carbocycles. The van der Waals surface area contributed by atoms with Crippen molar-refractivity contribution in [3.05, 3.63) is 77.6 Å². The summed E-state index contributed by atoms with van der Waals surface area (Å²) in [4.78, 5) is 2.53. The fraction of sp³-hybridized carbons (Fsp3) is 0.419. The maximum Gasteiger partial charge on any atom is 0.0406 e. The molecule has 1 saturated heterocycles. The van der Waals surface area contributed by atoms with Crippen LogP contribution in [-0.2, 0) is 6.54 Å². The number of terminal acetylenes is 1. The molecule has 0 spiro atoms. The van der Waals surface area contributed by atoms with Gasteiger partial charge in [0.05, 0.1) is 0 Å². The van der Waals surface area contributed by atoms with Crippen LogP contribution < -0.4 is 20.9 Å². The lowest BCUT2D eigenvalue weighted by Gasteiger charge is -2.34. The van der Waals surface area contributed by atoms with E-state index in [1.165, 1.54) is 48.2 Å². The Morgan fingerprint density at radius 3 is 2.51 bits per heavy atom. The van der Waals surface area contributed by atoms with Crippen molar-refractivity contribution in [2.24, 2.45) is 11.8 Å². The van der Waals surface area contributed by atoms with Gasteiger partial charge in [0, 0.05) is 48.5 Å². The SMILES string of the molecule is C#C.C=C1NCc2ccc(C)cc2/C1=C/Nc1ccc(N2CCC(CNCCC(C)C)CC2)cc1. The number of benzene rings is 2. The van der Waals surface area contributed by atoms with Crippen molar-refractivity contribution in [2.45, 2.75) is 46.6 Å². The lowest BCUT2D eigenvalue weighted by Crippen LogP contribution is -2.37. The van der Waals surface area contributed by atoms with Crippen LogP contribution in [0.5, 0.6) is 0 Å². The molecule has 186 valence electrons. The second-order valence-corrected chi connectivity index (χ2v) is 10.1. The van der Waals surface area contributed by atoms with E-state index in [4.69, 9.17) is 0 Å². The van der Waals surface area contributed by atoms with Crippen molar-refractivity contribution in [2.75, 3.05) is 36.4 Å². The Morgan fingerprint density at radius 2 is 1.83 bits per heavy atom. The predicted octanol–water partition coefficient (Wildman–Crippen LogP) is 6.17. The molecule has 0 radical (unpaired) electrons. The molecular formula is C31H42N4. The van der Waals surface area contributed by atoms with Crippen molar-refractivity contribution in [1.29, 1.82) is 0 Å². The van der Waals surface area contributed by atoms with E-state index in [2.05, 4.69) is 110 Å². The van der Waals surface area contributed by atoms with Crippen LogP contribution in [0.2, 0.25) is 0 Å². The lowest BCUT2D eigenvalue weighted by atomic mass is 9.93. The van der Waals surface area contributed by atoms with E-state index in [-0.39, 0.29) is 0 Å². The third kappa shape index (κ3) is 7.41. The highest BCUT2D eigenvalue weighted by atomic mass is 15.1. The number of nitrogens with one attached hydrogen (secondary N) is 3. The minimum absolute atomic E-state index is 0.783. The minimum Gasteiger partial charge on any atom is -0.381 e. The first-order valence-electron chi connectivity index (χ1n) is 12.9. The van der Waals surface area contributed by atoms with Crippen molar-refractivity contribution in [3.63, 3.8) is 0 Å². The molecule has 2 aromatic carbocycles. The Labute approximate surface area is 212 Å². The summed E-state index contributed by atoms with van der Waals surface area (Å²) in [5, 5.41) is 10.6. The van der Waals surface area contributed by atoms with Crippen LogP contribution in [0.3, 0.4) is 0 Å². The molecule has 2 heterocycles. The van der Waals surface area contributed by atoms with Crippen LogP contribution >= 0.6 is 0 Å². The van der Waals surface area contributed by atoms with Gasteiger partial charge in [-0.15, -0.1) is 12.8 Å². The van der Waals surface area contributed by atoms with Gasteiger partial charge in [0.25, 0.3) is 0 Å². The third-order valence-corrected chi connectivity index (χ3v) is 6.93. The summed E-state index contributed by atoms with van der Waals surface area (Å²) >= 11 is 0. The molecular weight excluding hydrogens is 428 g/mol. The van der Waals surface area contributed by atoms with Crippen molar-refractivity contribution < 1.29 is 0 Å². The maximum absolute atomic E-state index is 4.22. The number of piperidine rings is 1. The predicted molar refractivity (Wildman–Crippen MR) is 152 cm³/mol. The average molecular weight is 471 g/mol. The van der Waals surface area contributed by atoms with Gasteiger partial charge in [0.15, 0.2) is 0 Å². The topological polar surface area (TPSA) is 39.3 Å². The molecule has 4 rings (SSSR count). The zero-order valence-corrected chi connectivity index (χ0v) is 21.7. The van der Waals surface area contributed by atoms with E-state index in [0.717, 1.165) is 55.0 Å². The van der Waals surface area contributed by atoms with Crippen LogP contribution in [0, 0.1) is 31.6 Å². The fourth-order valence-corrected chi connectivity index (χ4v) is 4.74. The first kappa shape index (κ1) is 26.4. The van der Waals surface area contributed by atoms with Crippen LogP contribution in [0.1, 0.15) is 49.8 Å². The van der Waals surface area contributed by atoms with Gasteiger partial charge < -0.3 is 20.9 Å². The summed E-state index contributed by atoms with van der Waals surface area (Å²) in [5.74, 6) is 1.59. The maximum atomic E-state index is 4.22. The van der Waals surface area contributed by atoms with Crippen LogP contribution in [0.4, 0.5) is 11.4 Å². The first-order valence-corrected chi connectivity index (χ1v) is 12.9. The van der Waals surface area contributed by atoms with Gasteiger partial charge in [0.1, 0.15) is 0 Å². The van der Waals surface area contributed by atoms with E-state index in [1.54, 1.807) is 0 Å². The summed E-state index contributed by atoms with van der Waals surface area (Å²) in [6.07, 6.45) is 13.9. The zero-order valence-electron chi connectivity index (χ0n) is 21.7. The zero-order chi connectivity index (χ0) is 25.2. The Kier molecular flexibility index (Phi) is 9.87. The van der Waals surface area contributed by atoms with E-state index in [0.29, 0.717) is 0 Å². The van der Waals surface area contributed by atoms with E-state index < -0.39 is 0 Å². The quantitative estimate of drug-likeness (QED) is 0.319. The van der Waals surface area contributed by atoms with E-state index in [9.17, 15) is 0 Å². The third-order valence-electron chi connectivity index (χ3n) is 6.93. The summed E-state index contributed by atoms with van der Waals surface area (Å²) in [5.41, 5.74) is 8.38. The lowest BCUT2D eigenvalue weighted by molar-refractivity contribution is 0.377. The van der Waals surface area contributed by atoms with Crippen molar-refractivity contribution in [3.8, 4) is 12.8 Å². The Morgan fingerprint density at radius 1 is 1.11 bits per heavy atom. The Hall–Kier alpha value is -3.16. The van der Waals surface area contributed by atoms with Crippen LogP contribution in [-0.4, -0.2) is 26.2 Å². The van der Waals surface area contributed by atoms with Crippen LogP contribution in [0.15, 0.2) is 60.9 Å². The molecule has 3 N–H and O–H groups in total. The number of allylic oxidation sites excluding steroid dienone is 1. The molecule has 2 aromatic rings. The van der Waals surface area contributed by atoms with Gasteiger partial charge in [-0.1, -0.05) is 44.2 Å². The molecule has 1 fully saturated rings. The first-order chi connectivity index (χ1) is 17.0. The summed E-state index contributed by atoms with van der Waals surface area (Å²) in [6.45, 7) is 16.4. The molecule has 0 aromatic heterocycles. The van der Waals surface area contributed by atoms with Gasteiger partial charge in [-0.2, -0.15) is 0 Å². The second-order valence-electron chi connectivity index (χ2n) is 10.1. The molecule has 2 aliphatic rings.